The maximum atomic E-state index is 13.4. The first-order chi connectivity index (χ1) is 17.4. The van der Waals surface area contributed by atoms with E-state index in [1.54, 1.807) is 0 Å². The van der Waals surface area contributed by atoms with Gasteiger partial charge in [-0.1, -0.05) is 53.8 Å². The van der Waals surface area contributed by atoms with Gasteiger partial charge >= 0.3 is 0 Å². The molecule has 0 fully saturated rings. The normalized spacial score (nSPS) is 11.7. The Morgan fingerprint density at radius 3 is 2.57 bits per heavy atom. The lowest BCUT2D eigenvalue weighted by molar-refractivity contribution is 0.0945. The number of hydrogen-bond donors (Lipinski definition) is 2. The summed E-state index contributed by atoms with van der Waals surface area (Å²) in [5.41, 5.74) is -1.70. The molecule has 3 aromatic rings. The summed E-state index contributed by atoms with van der Waals surface area (Å²) in [7, 11) is 1.39. The van der Waals surface area contributed by atoms with Crippen LogP contribution in [-0.2, 0) is 4.84 Å². The predicted octanol–water partition coefficient (Wildman–Crippen LogP) is 5.81. The van der Waals surface area contributed by atoms with Crippen LogP contribution in [-0.4, -0.2) is 46.4 Å². The monoisotopic (exact) mass is 572 g/mol. The Bertz CT molecular complexity index is 1350. The maximum Gasteiger partial charge on any atom is 0.282 e. The summed E-state index contributed by atoms with van der Waals surface area (Å²) >= 11 is 18.6. The summed E-state index contributed by atoms with van der Waals surface area (Å²) in [6, 6.07) is 6.52. The number of carbonyl (C=O) groups excluding carboxylic acids is 2. The van der Waals surface area contributed by atoms with Crippen LogP contribution in [0.25, 0.3) is 5.82 Å². The molecule has 3 rings (SSSR count). The van der Waals surface area contributed by atoms with Crippen molar-refractivity contribution in [3.05, 3.63) is 68.5 Å². The molecule has 0 atom stereocenters. The topological polar surface area (TPSA) is 110 Å². The van der Waals surface area contributed by atoms with Crippen molar-refractivity contribution in [3.63, 3.8) is 0 Å². The van der Waals surface area contributed by atoms with Gasteiger partial charge in [0, 0.05) is 23.2 Å². The quantitative estimate of drug-likeness (QED) is 0.248. The molecule has 0 aliphatic carbocycles. The fourth-order valence-electron chi connectivity index (χ4n) is 3.06. The van der Waals surface area contributed by atoms with Crippen molar-refractivity contribution in [3.8, 4) is 5.82 Å². The minimum Gasteiger partial charge on any atom is -0.399 e. The van der Waals surface area contributed by atoms with Gasteiger partial charge in [0.1, 0.15) is 18.5 Å². The first-order valence-electron chi connectivity index (χ1n) is 10.6. The average molecular weight is 574 g/mol. The number of oxime groups is 1. The Kier molecular flexibility index (Phi) is 9.06. The number of rotatable bonds is 9. The number of hydrogen-bond acceptors (Lipinski definition) is 6. The minimum atomic E-state index is -2.97. The summed E-state index contributed by atoms with van der Waals surface area (Å²) in [5, 5.41) is 12.9. The van der Waals surface area contributed by atoms with E-state index in [2.05, 4.69) is 30.7 Å². The van der Waals surface area contributed by atoms with Crippen molar-refractivity contribution in [2.75, 3.05) is 19.0 Å². The van der Waals surface area contributed by atoms with E-state index in [0.717, 1.165) is 10.7 Å². The van der Waals surface area contributed by atoms with E-state index < -0.39 is 29.3 Å². The van der Waals surface area contributed by atoms with Crippen LogP contribution in [0.1, 0.15) is 46.8 Å². The van der Waals surface area contributed by atoms with Crippen LogP contribution in [0.3, 0.4) is 0 Å². The number of aromatic nitrogens is 3. The highest BCUT2D eigenvalue weighted by Crippen LogP contribution is 2.32. The molecule has 0 saturated heterocycles. The van der Waals surface area contributed by atoms with Crippen molar-refractivity contribution < 1.29 is 23.2 Å². The zero-order valence-corrected chi connectivity index (χ0v) is 22.0. The first-order valence-corrected chi connectivity index (χ1v) is 11.7. The number of pyridine rings is 1. The van der Waals surface area contributed by atoms with Gasteiger partial charge in [0.05, 0.1) is 27.5 Å². The second-order valence-corrected chi connectivity index (χ2v) is 9.58. The third kappa shape index (κ3) is 6.94. The van der Waals surface area contributed by atoms with Crippen LogP contribution in [0.15, 0.2) is 41.7 Å². The molecule has 37 heavy (non-hydrogen) atoms. The van der Waals surface area contributed by atoms with E-state index in [9.17, 15) is 18.4 Å². The summed E-state index contributed by atoms with van der Waals surface area (Å²) in [4.78, 5) is 35.0. The van der Waals surface area contributed by atoms with E-state index in [4.69, 9.17) is 34.8 Å². The van der Waals surface area contributed by atoms with Gasteiger partial charge in [-0.3, -0.25) is 9.59 Å². The lowest BCUT2D eigenvalue weighted by atomic mass is 9.95. The molecular weight excluding hydrogens is 553 g/mol. The van der Waals surface area contributed by atoms with E-state index >= 15 is 0 Å². The van der Waals surface area contributed by atoms with Crippen LogP contribution in [0.5, 0.6) is 0 Å². The Labute approximate surface area is 225 Å². The number of carbonyl (C=O) groups is 2. The summed E-state index contributed by atoms with van der Waals surface area (Å²) in [6.07, 6.45) is -0.0872. The number of halogens is 5. The van der Waals surface area contributed by atoms with Gasteiger partial charge in [-0.25, -0.2) is 18.4 Å². The third-order valence-electron chi connectivity index (χ3n) is 4.87. The lowest BCUT2D eigenvalue weighted by Gasteiger charge is -2.20. The minimum absolute atomic E-state index is 0.0404. The Morgan fingerprint density at radius 1 is 1.19 bits per heavy atom. The van der Waals surface area contributed by atoms with Crippen LogP contribution in [0.2, 0.25) is 15.1 Å². The molecule has 0 saturated carbocycles. The van der Waals surface area contributed by atoms with Crippen LogP contribution in [0.4, 0.5) is 14.5 Å². The highest BCUT2D eigenvalue weighted by molar-refractivity contribution is 6.38. The van der Waals surface area contributed by atoms with Crippen molar-refractivity contribution in [1.82, 2.24) is 20.1 Å². The average Bonchev–Trinajstić information content (AvgIpc) is 3.29. The van der Waals surface area contributed by atoms with Gasteiger partial charge in [0.2, 0.25) is 0 Å². The molecule has 2 aromatic heterocycles. The zero-order chi connectivity index (χ0) is 27.3. The molecule has 196 valence electrons. The number of anilines is 1. The van der Waals surface area contributed by atoms with Gasteiger partial charge in [0.15, 0.2) is 5.82 Å². The molecule has 9 nitrogen and oxygen atoms in total. The number of amides is 2. The number of nitrogens with one attached hydrogen (secondary N) is 2. The Balaban J connectivity index is 1.97. The van der Waals surface area contributed by atoms with Gasteiger partial charge in [-0.05, 0) is 30.3 Å². The fraction of sp³-hybridized carbons (Fsp3) is 0.261. The molecule has 2 N–H and O–H groups in total. The molecule has 0 unspecified atom stereocenters. The van der Waals surface area contributed by atoms with E-state index in [1.807, 2.05) is 13.8 Å². The second kappa shape index (κ2) is 11.8. The van der Waals surface area contributed by atoms with Crippen LogP contribution in [0, 0.1) is 5.41 Å². The number of nitrogens with zero attached hydrogens (tertiary/aromatic N) is 4. The van der Waals surface area contributed by atoms with Crippen molar-refractivity contribution in [2.24, 2.45) is 10.6 Å². The molecule has 0 aliphatic heterocycles. The first kappa shape index (κ1) is 28.3. The van der Waals surface area contributed by atoms with Crippen LogP contribution >= 0.6 is 34.8 Å². The highest BCUT2D eigenvalue weighted by Gasteiger charge is 2.26. The maximum absolute atomic E-state index is 13.4. The molecule has 0 aliphatic rings. The smallest absolute Gasteiger partial charge is 0.282 e. The van der Waals surface area contributed by atoms with Gasteiger partial charge in [-0.2, -0.15) is 5.10 Å². The van der Waals surface area contributed by atoms with Crippen molar-refractivity contribution in [1.29, 1.82) is 0 Å². The molecular formula is C23H21Cl3F2N6O3. The highest BCUT2D eigenvalue weighted by atomic mass is 35.5. The van der Waals surface area contributed by atoms with Gasteiger partial charge < -0.3 is 15.5 Å². The van der Waals surface area contributed by atoms with E-state index in [1.165, 1.54) is 43.8 Å². The number of benzene rings is 1. The predicted molar refractivity (Wildman–Crippen MR) is 137 cm³/mol. The zero-order valence-electron chi connectivity index (χ0n) is 19.7. The molecule has 0 bridgehead atoms. The van der Waals surface area contributed by atoms with Crippen molar-refractivity contribution >= 4 is 58.5 Å². The summed E-state index contributed by atoms with van der Waals surface area (Å²) in [5.74, 6) is -1.54. The summed E-state index contributed by atoms with van der Waals surface area (Å²) in [6.45, 7) is 3.78. The molecule has 1 aromatic carbocycles. The molecule has 0 radical (unpaired) electrons. The SMILES string of the molecule is CO/N=C/C(C)(C)CNC(=O)c1cc(Cl)cc(Cl)c1NC(=O)c1cc(C(F)F)nn1-c1ncccc1Cl. The molecule has 2 amide bonds. The third-order valence-corrected chi connectivity index (χ3v) is 5.69. The standard InChI is InChI=1S/C23H21Cl3F2N6O3/c1-23(2,11-31-37-3)10-30-21(35)13-7-12(24)8-15(26)18(13)32-22(36)17-9-16(19(27)28)33-34(17)20-14(25)5-4-6-29-20/h4-9,11,19H,10H2,1-3H3,(H,30,35)(H,32,36)/b31-11+. The van der Waals surface area contributed by atoms with Crippen LogP contribution < -0.4 is 10.6 Å². The fourth-order valence-corrected chi connectivity index (χ4v) is 3.81. The lowest BCUT2D eigenvalue weighted by Crippen LogP contribution is -2.35. The Morgan fingerprint density at radius 2 is 1.92 bits per heavy atom. The number of alkyl halides is 2. The van der Waals surface area contributed by atoms with E-state index in [0.29, 0.717) is 0 Å². The molecule has 0 spiro atoms. The van der Waals surface area contributed by atoms with Gasteiger partial charge in [0.25, 0.3) is 18.2 Å². The molecule has 2 heterocycles. The van der Waals surface area contributed by atoms with Gasteiger partial charge in [-0.15, -0.1) is 0 Å². The second-order valence-electron chi connectivity index (χ2n) is 8.33. The summed E-state index contributed by atoms with van der Waals surface area (Å²) < 4.78 is 27.8. The molecule has 14 heteroatoms. The van der Waals surface area contributed by atoms with E-state index in [-0.39, 0.29) is 44.4 Å². The van der Waals surface area contributed by atoms with Crippen molar-refractivity contribution in [2.45, 2.75) is 20.3 Å². The largest absolute Gasteiger partial charge is 0.399 e. The Hall–Kier alpha value is -3.28.